The molecule has 0 atom stereocenters. The molecular formula is C18H18N4OS. The van der Waals surface area contributed by atoms with Crippen molar-refractivity contribution in [2.75, 3.05) is 0 Å². The smallest absolute Gasteiger partial charge is 0.216 e. The van der Waals surface area contributed by atoms with Gasteiger partial charge in [0.15, 0.2) is 5.82 Å². The maximum absolute atomic E-state index is 5.83. The van der Waals surface area contributed by atoms with Crippen LogP contribution in [0.25, 0.3) is 0 Å². The van der Waals surface area contributed by atoms with Gasteiger partial charge in [-0.1, -0.05) is 37.3 Å². The molecule has 1 aromatic heterocycles. The van der Waals surface area contributed by atoms with Gasteiger partial charge in [-0.05, 0) is 48.5 Å². The van der Waals surface area contributed by atoms with Crippen molar-refractivity contribution in [1.82, 2.24) is 14.9 Å². The van der Waals surface area contributed by atoms with Crippen molar-refractivity contribution < 1.29 is 4.74 Å². The van der Waals surface area contributed by atoms with Crippen molar-refractivity contribution in [3.05, 3.63) is 70.8 Å². The van der Waals surface area contributed by atoms with E-state index in [0.717, 1.165) is 35.7 Å². The Balaban J connectivity index is 1.80. The van der Waals surface area contributed by atoms with Crippen molar-refractivity contribution in [1.29, 1.82) is 0 Å². The number of para-hydroxylation sites is 1. The summed E-state index contributed by atoms with van der Waals surface area (Å²) >= 11 is 5.22. The molecule has 0 radical (unpaired) electrons. The van der Waals surface area contributed by atoms with Gasteiger partial charge in [0.1, 0.15) is 11.5 Å². The largest absolute Gasteiger partial charge is 0.457 e. The Morgan fingerprint density at radius 3 is 2.75 bits per heavy atom. The third-order valence-corrected chi connectivity index (χ3v) is 3.61. The van der Waals surface area contributed by atoms with Gasteiger partial charge in [-0.25, -0.2) is 0 Å². The normalized spacial score (nSPS) is 11.0. The molecule has 0 fully saturated rings. The van der Waals surface area contributed by atoms with Gasteiger partial charge in [0.05, 0.1) is 6.21 Å². The average Bonchev–Trinajstić information content (AvgIpc) is 2.95. The molecule has 0 aliphatic carbocycles. The van der Waals surface area contributed by atoms with Crippen LogP contribution >= 0.6 is 12.2 Å². The van der Waals surface area contributed by atoms with E-state index in [9.17, 15) is 0 Å². The number of benzene rings is 2. The first-order valence-corrected chi connectivity index (χ1v) is 8.20. The average molecular weight is 338 g/mol. The summed E-state index contributed by atoms with van der Waals surface area (Å²) in [6.07, 6.45) is 3.56. The molecule has 0 spiro atoms. The van der Waals surface area contributed by atoms with E-state index in [1.165, 1.54) is 0 Å². The van der Waals surface area contributed by atoms with E-state index in [2.05, 4.69) is 22.2 Å². The predicted molar refractivity (Wildman–Crippen MR) is 97.4 cm³/mol. The number of H-pyrrole nitrogens is 1. The minimum atomic E-state index is 0.492. The molecule has 0 amide bonds. The van der Waals surface area contributed by atoms with Crippen LogP contribution in [0, 0.1) is 4.77 Å². The van der Waals surface area contributed by atoms with E-state index < -0.39 is 0 Å². The summed E-state index contributed by atoms with van der Waals surface area (Å²) in [6.45, 7) is 2.09. The number of hydrogen-bond donors (Lipinski definition) is 1. The zero-order chi connectivity index (χ0) is 16.8. The number of aryl methyl sites for hydroxylation is 1. The Morgan fingerprint density at radius 2 is 1.96 bits per heavy atom. The number of hydrogen-bond acceptors (Lipinski definition) is 4. The first kappa shape index (κ1) is 16.1. The first-order chi connectivity index (χ1) is 11.8. The lowest BCUT2D eigenvalue weighted by Gasteiger charge is -2.05. The third-order valence-electron chi connectivity index (χ3n) is 3.35. The molecule has 0 saturated heterocycles. The fourth-order valence-electron chi connectivity index (χ4n) is 2.24. The quantitative estimate of drug-likeness (QED) is 0.529. The molecule has 0 unspecified atom stereocenters. The molecule has 3 aromatic rings. The van der Waals surface area contributed by atoms with Crippen molar-refractivity contribution in [3.8, 4) is 11.5 Å². The van der Waals surface area contributed by atoms with Gasteiger partial charge in [0, 0.05) is 6.42 Å². The van der Waals surface area contributed by atoms with E-state index in [1.54, 1.807) is 10.9 Å². The Kier molecular flexibility index (Phi) is 5.18. The van der Waals surface area contributed by atoms with Crippen LogP contribution in [-0.2, 0) is 6.42 Å². The van der Waals surface area contributed by atoms with E-state index in [4.69, 9.17) is 17.0 Å². The Bertz CT molecular complexity index is 883. The van der Waals surface area contributed by atoms with Crippen molar-refractivity contribution in [2.45, 2.75) is 19.8 Å². The number of rotatable bonds is 6. The molecule has 0 aliphatic heterocycles. The second-order valence-corrected chi connectivity index (χ2v) is 5.63. The summed E-state index contributed by atoms with van der Waals surface area (Å²) < 4.78 is 7.98. The van der Waals surface area contributed by atoms with Crippen molar-refractivity contribution in [2.24, 2.45) is 5.10 Å². The third kappa shape index (κ3) is 3.97. The van der Waals surface area contributed by atoms with Crippen LogP contribution in [0.15, 0.2) is 59.7 Å². The second kappa shape index (κ2) is 7.70. The molecule has 1 N–H and O–H groups in total. The highest BCUT2D eigenvalue weighted by molar-refractivity contribution is 7.71. The number of ether oxygens (including phenoxy) is 1. The van der Waals surface area contributed by atoms with Gasteiger partial charge in [0.25, 0.3) is 0 Å². The number of nitrogens with one attached hydrogen (secondary N) is 1. The lowest BCUT2D eigenvalue weighted by atomic mass is 10.2. The highest BCUT2D eigenvalue weighted by Gasteiger charge is 2.03. The van der Waals surface area contributed by atoms with Gasteiger partial charge in [-0.3, -0.25) is 5.10 Å². The first-order valence-electron chi connectivity index (χ1n) is 7.80. The minimum absolute atomic E-state index is 0.492. The lowest BCUT2D eigenvalue weighted by molar-refractivity contribution is 0.482. The van der Waals surface area contributed by atoms with Crippen LogP contribution in [0.5, 0.6) is 11.5 Å². The number of aromatic nitrogens is 3. The molecule has 5 nitrogen and oxygen atoms in total. The highest BCUT2D eigenvalue weighted by atomic mass is 32.1. The van der Waals surface area contributed by atoms with Gasteiger partial charge in [-0.15, -0.1) is 0 Å². The summed E-state index contributed by atoms with van der Waals surface area (Å²) in [5.41, 5.74) is 0.925. The molecule has 122 valence electrons. The Hall–Kier alpha value is -2.73. The maximum atomic E-state index is 5.83. The van der Waals surface area contributed by atoms with Crippen LogP contribution in [0.3, 0.4) is 0 Å². The van der Waals surface area contributed by atoms with Crippen molar-refractivity contribution >= 4 is 18.4 Å². The molecule has 2 aromatic carbocycles. The molecule has 24 heavy (non-hydrogen) atoms. The minimum Gasteiger partial charge on any atom is -0.457 e. The molecule has 1 heterocycles. The molecule has 0 aliphatic rings. The zero-order valence-corrected chi connectivity index (χ0v) is 14.2. The standard InChI is InChI=1S/C18H18N4OS/c1-2-7-17-20-21-18(24)22(17)19-13-14-8-6-11-16(12-14)23-15-9-4-3-5-10-15/h3-6,8-13H,2,7H2,1H3,(H,21,24)/b19-13-. The van der Waals surface area contributed by atoms with Gasteiger partial charge in [0.2, 0.25) is 4.77 Å². The fraction of sp³-hybridized carbons (Fsp3) is 0.167. The Morgan fingerprint density at radius 1 is 1.17 bits per heavy atom. The van der Waals surface area contributed by atoms with Crippen LogP contribution in [-0.4, -0.2) is 21.1 Å². The van der Waals surface area contributed by atoms with Crippen LogP contribution in [0.1, 0.15) is 24.7 Å². The fourth-order valence-corrected chi connectivity index (χ4v) is 2.43. The SMILES string of the molecule is CCCc1n[nH]c(=S)n1/N=C\c1cccc(Oc2ccccc2)c1. The number of aromatic amines is 1. The van der Waals surface area contributed by atoms with Gasteiger partial charge >= 0.3 is 0 Å². The summed E-state index contributed by atoms with van der Waals surface area (Å²) in [6, 6.07) is 17.4. The lowest BCUT2D eigenvalue weighted by Crippen LogP contribution is -1.98. The summed E-state index contributed by atoms with van der Waals surface area (Å²) in [7, 11) is 0. The van der Waals surface area contributed by atoms with Crippen LogP contribution in [0.4, 0.5) is 0 Å². The number of nitrogens with zero attached hydrogens (tertiary/aromatic N) is 3. The molecule has 0 bridgehead atoms. The summed E-state index contributed by atoms with van der Waals surface area (Å²) in [5, 5.41) is 11.4. The second-order valence-electron chi connectivity index (χ2n) is 5.24. The molecule has 6 heteroatoms. The van der Waals surface area contributed by atoms with E-state index in [-0.39, 0.29) is 0 Å². The van der Waals surface area contributed by atoms with Gasteiger partial charge < -0.3 is 4.74 Å². The Labute approximate surface area is 145 Å². The topological polar surface area (TPSA) is 55.2 Å². The summed E-state index contributed by atoms with van der Waals surface area (Å²) in [5.74, 6) is 2.39. The van der Waals surface area contributed by atoms with Gasteiger partial charge in [-0.2, -0.15) is 14.9 Å². The van der Waals surface area contributed by atoms with E-state index in [0.29, 0.717) is 4.77 Å². The maximum Gasteiger partial charge on any atom is 0.216 e. The molecule has 0 saturated carbocycles. The predicted octanol–water partition coefficient (Wildman–Crippen LogP) is 4.57. The molecular weight excluding hydrogens is 320 g/mol. The highest BCUT2D eigenvalue weighted by Crippen LogP contribution is 2.21. The van der Waals surface area contributed by atoms with E-state index in [1.807, 2.05) is 54.6 Å². The van der Waals surface area contributed by atoms with E-state index >= 15 is 0 Å². The summed E-state index contributed by atoms with van der Waals surface area (Å²) in [4.78, 5) is 0. The van der Waals surface area contributed by atoms with Crippen LogP contribution in [0.2, 0.25) is 0 Å². The molecule has 3 rings (SSSR count). The monoisotopic (exact) mass is 338 g/mol. The van der Waals surface area contributed by atoms with Crippen LogP contribution < -0.4 is 4.74 Å². The zero-order valence-electron chi connectivity index (χ0n) is 13.3. The van der Waals surface area contributed by atoms with Crippen molar-refractivity contribution in [3.63, 3.8) is 0 Å².